The van der Waals surface area contributed by atoms with E-state index in [1.54, 1.807) is 0 Å². The van der Waals surface area contributed by atoms with Crippen LogP contribution in [-0.2, 0) is 17.4 Å². The second kappa shape index (κ2) is 7.48. The Labute approximate surface area is 142 Å². The summed E-state index contributed by atoms with van der Waals surface area (Å²) in [5, 5.41) is 0. The molecule has 116 valence electrons. The van der Waals surface area contributed by atoms with Crippen molar-refractivity contribution in [2.45, 2.75) is 69.2 Å². The first-order chi connectivity index (χ1) is 9.11. The maximum absolute atomic E-state index is 2.20. The molecule has 0 fully saturated rings. The van der Waals surface area contributed by atoms with E-state index in [1.165, 1.54) is 55.6 Å². The van der Waals surface area contributed by atoms with Crippen molar-refractivity contribution in [1.82, 2.24) is 0 Å². The van der Waals surface area contributed by atoms with Crippen LogP contribution in [0.15, 0.2) is 0 Å². The number of hydrogen-bond acceptors (Lipinski definition) is 0. The van der Waals surface area contributed by atoms with Crippen molar-refractivity contribution in [1.29, 1.82) is 0 Å². The zero-order valence-electron chi connectivity index (χ0n) is 15.4. The van der Waals surface area contributed by atoms with E-state index in [-0.39, 0.29) is 17.4 Å². The van der Waals surface area contributed by atoms with Crippen LogP contribution in [-0.4, -0.2) is 0 Å². The smallest absolute Gasteiger partial charge is 0.196 e. The molecule has 0 N–H and O–H groups in total. The van der Waals surface area contributed by atoms with Gasteiger partial charge in [0.2, 0.25) is 0 Å². The Bertz CT molecular complexity index is 404. The van der Waals surface area contributed by atoms with Crippen LogP contribution in [0, 0.1) is 69.2 Å². The maximum Gasteiger partial charge on any atom is 2.00 e. The van der Waals surface area contributed by atoms with E-state index >= 15 is 0 Å². The predicted molar refractivity (Wildman–Crippen MR) is 91.4 cm³/mol. The summed E-state index contributed by atoms with van der Waals surface area (Å²) < 4.78 is 0. The molecule has 0 saturated carbocycles. The molecule has 1 heteroatoms. The second-order valence-corrected chi connectivity index (χ2v) is 6.25. The maximum atomic E-state index is 2.20. The Balaban J connectivity index is 0.000000364. The Morgan fingerprint density at radius 2 is 0.571 bits per heavy atom. The van der Waals surface area contributed by atoms with Crippen LogP contribution in [0.5, 0.6) is 0 Å². The fraction of sp³-hybridized carbons (Fsp3) is 0.500. The third-order valence-corrected chi connectivity index (χ3v) is 5.62. The van der Waals surface area contributed by atoms with E-state index in [9.17, 15) is 0 Å². The minimum absolute atomic E-state index is 0. The fourth-order valence-electron chi connectivity index (χ4n) is 2.81. The summed E-state index contributed by atoms with van der Waals surface area (Å²) in [4.78, 5) is 0. The van der Waals surface area contributed by atoms with Gasteiger partial charge in [0.25, 0.3) is 0 Å². The zero-order valence-corrected chi connectivity index (χ0v) is 16.7. The Kier molecular flexibility index (Phi) is 7.21. The van der Waals surface area contributed by atoms with Gasteiger partial charge >= 0.3 is 17.4 Å². The summed E-state index contributed by atoms with van der Waals surface area (Å²) in [6, 6.07) is 0. The molecule has 0 unspecified atom stereocenters. The largest absolute Gasteiger partial charge is 2.00 e. The van der Waals surface area contributed by atoms with Gasteiger partial charge in [-0.05, 0) is 0 Å². The normalized spacial score (nSPS) is 10.0. The summed E-state index contributed by atoms with van der Waals surface area (Å²) in [5.41, 5.74) is 14.7. The summed E-state index contributed by atoms with van der Waals surface area (Å²) >= 11 is 0. The Hall–Kier alpha value is -0.768. The van der Waals surface area contributed by atoms with Crippen molar-refractivity contribution in [3.63, 3.8) is 0 Å². The van der Waals surface area contributed by atoms with Crippen LogP contribution in [0.25, 0.3) is 0 Å². The van der Waals surface area contributed by atoms with Gasteiger partial charge in [-0.3, -0.25) is 0 Å². The SMILES string of the molecule is Cc1c(C)c(C)[c-](C)c1C.Cc1c(C)c(C)[c-](C)c1C.[Cr+2]. The van der Waals surface area contributed by atoms with Gasteiger partial charge < -0.3 is 0 Å². The van der Waals surface area contributed by atoms with Gasteiger partial charge in [0.1, 0.15) is 0 Å². The molecule has 2 rings (SSSR count). The first-order valence-electron chi connectivity index (χ1n) is 7.50. The van der Waals surface area contributed by atoms with E-state index in [4.69, 9.17) is 0 Å². The molecule has 0 heterocycles. The first-order valence-corrected chi connectivity index (χ1v) is 7.50. The summed E-state index contributed by atoms with van der Waals surface area (Å²) in [7, 11) is 0. The van der Waals surface area contributed by atoms with Crippen molar-refractivity contribution in [3.8, 4) is 0 Å². The van der Waals surface area contributed by atoms with Crippen molar-refractivity contribution < 1.29 is 17.4 Å². The van der Waals surface area contributed by atoms with Crippen LogP contribution in [0.4, 0.5) is 0 Å². The molecule has 0 aliphatic carbocycles. The minimum Gasteiger partial charge on any atom is -0.196 e. The molecule has 0 saturated heterocycles. The molecule has 0 spiro atoms. The minimum atomic E-state index is 0. The Morgan fingerprint density at radius 3 is 0.619 bits per heavy atom. The van der Waals surface area contributed by atoms with Crippen molar-refractivity contribution in [2.75, 3.05) is 0 Å². The molecular formula is C20H30Cr. The monoisotopic (exact) mass is 322 g/mol. The van der Waals surface area contributed by atoms with Crippen LogP contribution < -0.4 is 0 Å². The van der Waals surface area contributed by atoms with E-state index in [0.717, 1.165) is 0 Å². The molecule has 0 nitrogen and oxygen atoms in total. The quantitative estimate of drug-likeness (QED) is 0.530. The van der Waals surface area contributed by atoms with Crippen molar-refractivity contribution >= 4 is 0 Å². The molecule has 0 aliphatic heterocycles. The van der Waals surface area contributed by atoms with Crippen molar-refractivity contribution in [2.24, 2.45) is 0 Å². The van der Waals surface area contributed by atoms with Gasteiger partial charge in [0, 0.05) is 0 Å². The third-order valence-electron chi connectivity index (χ3n) is 5.62. The van der Waals surface area contributed by atoms with Crippen LogP contribution in [0.3, 0.4) is 0 Å². The van der Waals surface area contributed by atoms with Crippen molar-refractivity contribution in [3.05, 3.63) is 55.6 Å². The van der Waals surface area contributed by atoms with E-state index in [1.807, 2.05) is 0 Å². The van der Waals surface area contributed by atoms with E-state index in [0.29, 0.717) is 0 Å². The average Bonchev–Trinajstić information content (AvgIpc) is 2.71. The van der Waals surface area contributed by atoms with Gasteiger partial charge in [0.05, 0.1) is 0 Å². The zero-order chi connectivity index (χ0) is 15.8. The molecule has 0 atom stereocenters. The van der Waals surface area contributed by atoms with Crippen LogP contribution >= 0.6 is 0 Å². The average molecular weight is 322 g/mol. The topological polar surface area (TPSA) is 0 Å². The second-order valence-electron chi connectivity index (χ2n) is 6.25. The van der Waals surface area contributed by atoms with Gasteiger partial charge in [-0.2, -0.15) is 55.6 Å². The van der Waals surface area contributed by atoms with E-state index < -0.39 is 0 Å². The predicted octanol–water partition coefficient (Wildman–Crippen LogP) is 5.89. The summed E-state index contributed by atoms with van der Waals surface area (Å²) in [6.07, 6.45) is 0. The Morgan fingerprint density at radius 1 is 0.429 bits per heavy atom. The molecule has 0 aliphatic rings. The van der Waals surface area contributed by atoms with Gasteiger partial charge in [-0.25, -0.2) is 0 Å². The number of rotatable bonds is 0. The molecule has 0 radical (unpaired) electrons. The molecule has 2 aromatic carbocycles. The van der Waals surface area contributed by atoms with Crippen LogP contribution in [0.2, 0.25) is 0 Å². The van der Waals surface area contributed by atoms with E-state index in [2.05, 4.69) is 69.2 Å². The van der Waals surface area contributed by atoms with Gasteiger partial charge in [-0.15, -0.1) is 0 Å². The van der Waals surface area contributed by atoms with Gasteiger partial charge in [-0.1, -0.05) is 69.2 Å². The molecule has 0 aromatic heterocycles. The summed E-state index contributed by atoms with van der Waals surface area (Å²) in [5.74, 6) is 0. The first kappa shape index (κ1) is 20.2. The van der Waals surface area contributed by atoms with Gasteiger partial charge in [0.15, 0.2) is 0 Å². The van der Waals surface area contributed by atoms with Crippen LogP contribution in [0.1, 0.15) is 55.6 Å². The molecule has 0 amide bonds. The standard InChI is InChI=1S/2C10H15.Cr/c2*1-6-7(2)9(4)10(5)8(6)3;/h2*1-5H3;/q2*-1;+2. The molecule has 2 aromatic rings. The molecule has 21 heavy (non-hydrogen) atoms. The molecular weight excluding hydrogens is 292 g/mol. The fourth-order valence-corrected chi connectivity index (χ4v) is 2.81. The summed E-state index contributed by atoms with van der Waals surface area (Å²) in [6.45, 7) is 22.0. The molecule has 0 bridgehead atoms. The number of hydrogen-bond donors (Lipinski definition) is 0. The third kappa shape index (κ3) is 3.71.